The van der Waals surface area contributed by atoms with Gasteiger partial charge in [-0.25, -0.2) is 15.0 Å². The highest BCUT2D eigenvalue weighted by atomic mass is 15.2. The topological polar surface area (TPSA) is 68.9 Å². The van der Waals surface area contributed by atoms with Gasteiger partial charge in [0.2, 0.25) is 0 Å². The average Bonchev–Trinajstić information content (AvgIpc) is 2.65. The zero-order valence-corrected chi connectivity index (χ0v) is 6.49. The number of aromatic nitrogens is 6. The van der Waals surface area contributed by atoms with Crippen LogP contribution < -0.4 is 0 Å². The first kappa shape index (κ1) is 6.41. The summed E-state index contributed by atoms with van der Waals surface area (Å²) in [6.45, 7) is 0. The van der Waals surface area contributed by atoms with Gasteiger partial charge < -0.3 is 0 Å². The molecule has 62 valence electrons. The lowest BCUT2D eigenvalue weighted by Gasteiger charge is -1.96. The predicted octanol–water partition coefficient (Wildman–Crippen LogP) is 0.0675. The molecule has 3 aromatic rings. The summed E-state index contributed by atoms with van der Waals surface area (Å²) in [5, 5.41) is 7.63. The molecule has 0 unspecified atom stereocenters. The lowest BCUT2D eigenvalue weighted by molar-refractivity contribution is 1.10. The molecule has 0 radical (unpaired) electrons. The van der Waals surface area contributed by atoms with Gasteiger partial charge in [0.1, 0.15) is 18.2 Å². The highest BCUT2D eigenvalue weighted by Crippen LogP contribution is 2.07. The van der Waals surface area contributed by atoms with Crippen LogP contribution in [0.15, 0.2) is 25.0 Å². The van der Waals surface area contributed by atoms with Crippen molar-refractivity contribution in [2.75, 3.05) is 0 Å². The second-order valence-corrected chi connectivity index (χ2v) is 2.55. The van der Waals surface area contributed by atoms with E-state index in [9.17, 15) is 0 Å². The standard InChI is InChI=1S/C7H4N6/c1-5-7(10-3-8-1)9-2-6-12-11-4-13(5)6/h1-4H. The molecule has 0 aliphatic heterocycles. The first-order valence-electron chi connectivity index (χ1n) is 3.69. The van der Waals surface area contributed by atoms with Gasteiger partial charge in [0.05, 0.1) is 12.4 Å². The van der Waals surface area contributed by atoms with Crippen molar-refractivity contribution < 1.29 is 0 Å². The second kappa shape index (κ2) is 2.19. The Morgan fingerprint density at radius 2 is 2.15 bits per heavy atom. The second-order valence-electron chi connectivity index (χ2n) is 2.55. The SMILES string of the molecule is c1ncc2c(n1)ncc1nncn12. The van der Waals surface area contributed by atoms with Gasteiger partial charge in [0.15, 0.2) is 11.3 Å². The summed E-state index contributed by atoms with van der Waals surface area (Å²) in [5.74, 6) is 0. The number of hydrogen-bond acceptors (Lipinski definition) is 5. The maximum absolute atomic E-state index is 4.11. The van der Waals surface area contributed by atoms with Crippen LogP contribution in [-0.4, -0.2) is 29.5 Å². The van der Waals surface area contributed by atoms with E-state index in [1.807, 2.05) is 0 Å². The van der Waals surface area contributed by atoms with Gasteiger partial charge in [0.25, 0.3) is 0 Å². The molecule has 0 aliphatic rings. The van der Waals surface area contributed by atoms with Gasteiger partial charge in [-0.3, -0.25) is 4.40 Å². The van der Waals surface area contributed by atoms with Crippen LogP contribution in [0.2, 0.25) is 0 Å². The Bertz CT molecular complexity index is 571. The molecule has 0 amide bonds. The van der Waals surface area contributed by atoms with Crippen molar-refractivity contribution in [2.45, 2.75) is 0 Å². The zero-order valence-electron chi connectivity index (χ0n) is 6.49. The Hall–Kier alpha value is -2.11. The summed E-state index contributed by atoms with van der Waals surface area (Å²) < 4.78 is 1.79. The lowest BCUT2D eigenvalue weighted by atomic mass is 10.5. The van der Waals surface area contributed by atoms with Gasteiger partial charge in [-0.2, -0.15) is 0 Å². The van der Waals surface area contributed by atoms with Crippen LogP contribution in [0.5, 0.6) is 0 Å². The Balaban J connectivity index is 2.65. The third kappa shape index (κ3) is 0.792. The van der Waals surface area contributed by atoms with E-state index in [4.69, 9.17) is 0 Å². The largest absolute Gasteiger partial charge is 0.275 e. The Morgan fingerprint density at radius 3 is 3.15 bits per heavy atom. The molecular weight excluding hydrogens is 168 g/mol. The minimum Gasteiger partial charge on any atom is -0.275 e. The van der Waals surface area contributed by atoms with Crippen LogP contribution in [0.4, 0.5) is 0 Å². The minimum absolute atomic E-state index is 0.641. The number of rotatable bonds is 0. The van der Waals surface area contributed by atoms with Gasteiger partial charge in [0, 0.05) is 0 Å². The molecule has 13 heavy (non-hydrogen) atoms. The fourth-order valence-corrected chi connectivity index (χ4v) is 1.22. The lowest BCUT2D eigenvalue weighted by Crippen LogP contribution is -1.92. The fraction of sp³-hybridized carbons (Fsp3) is 0. The summed E-state index contributed by atoms with van der Waals surface area (Å²) in [6.07, 6.45) is 6.39. The smallest absolute Gasteiger partial charge is 0.179 e. The molecule has 0 atom stereocenters. The quantitative estimate of drug-likeness (QED) is 0.480. The Labute approximate surface area is 72.3 Å². The van der Waals surface area contributed by atoms with E-state index < -0.39 is 0 Å². The van der Waals surface area contributed by atoms with E-state index in [1.54, 1.807) is 23.1 Å². The molecular formula is C7H4N6. The fourth-order valence-electron chi connectivity index (χ4n) is 1.22. The van der Waals surface area contributed by atoms with Crippen LogP contribution in [0.1, 0.15) is 0 Å². The maximum Gasteiger partial charge on any atom is 0.179 e. The molecule has 0 bridgehead atoms. The number of fused-ring (bicyclic) bond motifs is 3. The zero-order chi connectivity index (χ0) is 8.67. The van der Waals surface area contributed by atoms with Crippen LogP contribution in [0, 0.1) is 0 Å². The molecule has 0 saturated carbocycles. The molecule has 0 fully saturated rings. The van der Waals surface area contributed by atoms with E-state index in [0.717, 1.165) is 5.52 Å². The molecule has 0 N–H and O–H groups in total. The molecule has 3 heterocycles. The van der Waals surface area contributed by atoms with Crippen molar-refractivity contribution in [1.82, 2.24) is 29.5 Å². The molecule has 3 aromatic heterocycles. The Kier molecular flexibility index (Phi) is 1.08. The van der Waals surface area contributed by atoms with Crippen LogP contribution in [-0.2, 0) is 0 Å². The summed E-state index contributed by atoms with van der Waals surface area (Å²) in [5.41, 5.74) is 2.15. The molecule has 3 rings (SSSR count). The molecule has 6 heteroatoms. The van der Waals surface area contributed by atoms with E-state index in [2.05, 4.69) is 25.1 Å². The van der Waals surface area contributed by atoms with E-state index in [-0.39, 0.29) is 0 Å². The molecule has 0 aromatic carbocycles. The third-order valence-electron chi connectivity index (χ3n) is 1.81. The summed E-state index contributed by atoms with van der Waals surface area (Å²) in [7, 11) is 0. The monoisotopic (exact) mass is 172 g/mol. The van der Waals surface area contributed by atoms with Crippen molar-refractivity contribution in [3.05, 3.63) is 25.0 Å². The predicted molar refractivity (Wildman–Crippen MR) is 43.9 cm³/mol. The summed E-state index contributed by atoms with van der Waals surface area (Å²) in [6, 6.07) is 0. The van der Waals surface area contributed by atoms with Crippen LogP contribution in [0.25, 0.3) is 16.8 Å². The third-order valence-corrected chi connectivity index (χ3v) is 1.81. The van der Waals surface area contributed by atoms with Gasteiger partial charge >= 0.3 is 0 Å². The Morgan fingerprint density at radius 1 is 1.15 bits per heavy atom. The first-order valence-corrected chi connectivity index (χ1v) is 3.69. The van der Waals surface area contributed by atoms with Crippen molar-refractivity contribution in [1.29, 1.82) is 0 Å². The summed E-state index contributed by atoms with van der Waals surface area (Å²) >= 11 is 0. The maximum atomic E-state index is 4.11. The van der Waals surface area contributed by atoms with Crippen LogP contribution >= 0.6 is 0 Å². The van der Waals surface area contributed by atoms with E-state index in [0.29, 0.717) is 11.3 Å². The first-order chi connectivity index (χ1) is 6.45. The molecule has 6 nitrogen and oxygen atoms in total. The average molecular weight is 172 g/mol. The molecule has 0 aliphatic carbocycles. The van der Waals surface area contributed by atoms with Crippen molar-refractivity contribution in [3.8, 4) is 0 Å². The normalized spacial score (nSPS) is 11.1. The summed E-state index contributed by atoms with van der Waals surface area (Å²) in [4.78, 5) is 12.0. The van der Waals surface area contributed by atoms with Gasteiger partial charge in [-0.1, -0.05) is 0 Å². The molecule has 0 saturated heterocycles. The highest BCUT2D eigenvalue weighted by molar-refractivity contribution is 5.71. The van der Waals surface area contributed by atoms with Gasteiger partial charge in [-0.15, -0.1) is 10.2 Å². The van der Waals surface area contributed by atoms with Crippen molar-refractivity contribution >= 4 is 16.8 Å². The number of nitrogens with zero attached hydrogens (tertiary/aromatic N) is 6. The van der Waals surface area contributed by atoms with Crippen molar-refractivity contribution in [3.63, 3.8) is 0 Å². The van der Waals surface area contributed by atoms with E-state index in [1.165, 1.54) is 6.33 Å². The molecule has 0 spiro atoms. The van der Waals surface area contributed by atoms with Crippen LogP contribution in [0.3, 0.4) is 0 Å². The van der Waals surface area contributed by atoms with E-state index >= 15 is 0 Å². The highest BCUT2D eigenvalue weighted by Gasteiger charge is 2.01. The van der Waals surface area contributed by atoms with Crippen molar-refractivity contribution in [2.24, 2.45) is 0 Å². The minimum atomic E-state index is 0.641. The van der Waals surface area contributed by atoms with Gasteiger partial charge in [-0.05, 0) is 0 Å². The number of hydrogen-bond donors (Lipinski definition) is 0.